The first kappa shape index (κ1) is 22.7. The number of aromatic nitrogens is 1. The third-order valence-electron chi connectivity index (χ3n) is 5.45. The lowest BCUT2D eigenvalue weighted by Crippen LogP contribution is -2.41. The molecule has 1 amide bonds. The van der Waals surface area contributed by atoms with Gasteiger partial charge < -0.3 is 9.64 Å². The number of morpholine rings is 1. The molecule has 170 valence electrons. The number of sulfonamides is 1. The Labute approximate surface area is 190 Å². The fourth-order valence-corrected chi connectivity index (χ4v) is 5.65. The summed E-state index contributed by atoms with van der Waals surface area (Å²) in [5.41, 5.74) is 2.60. The molecule has 8 nitrogen and oxygen atoms in total. The van der Waals surface area contributed by atoms with Gasteiger partial charge in [0.2, 0.25) is 15.9 Å². The molecular weight excluding hydrogens is 450 g/mol. The van der Waals surface area contributed by atoms with E-state index in [1.807, 2.05) is 31.2 Å². The maximum atomic E-state index is 12.7. The monoisotopic (exact) mass is 475 g/mol. The number of carbonyl (C=O) groups is 1. The van der Waals surface area contributed by atoms with Crippen molar-refractivity contribution in [3.8, 4) is 0 Å². The summed E-state index contributed by atoms with van der Waals surface area (Å²) in [6, 6.07) is 12.3. The van der Waals surface area contributed by atoms with Gasteiger partial charge in [-0.1, -0.05) is 41.2 Å². The Morgan fingerprint density at radius 2 is 1.84 bits per heavy atom. The molecule has 1 aromatic heterocycles. The van der Waals surface area contributed by atoms with Crippen LogP contribution in [-0.2, 0) is 32.6 Å². The SMILES string of the molecule is Cc1ccc(CNS(=O)(=O)c2ccc3c(c2)sc(=O)n3CCC(=O)N2CCOCC2)cc1. The minimum absolute atomic E-state index is 0.0148. The van der Waals surface area contributed by atoms with E-state index in [9.17, 15) is 18.0 Å². The van der Waals surface area contributed by atoms with Gasteiger partial charge in [-0.2, -0.15) is 0 Å². The molecule has 3 aromatic rings. The van der Waals surface area contributed by atoms with E-state index in [0.29, 0.717) is 36.5 Å². The van der Waals surface area contributed by atoms with Crippen molar-refractivity contribution >= 4 is 37.5 Å². The minimum atomic E-state index is -3.73. The number of carbonyl (C=O) groups excluding carboxylic acids is 1. The quantitative estimate of drug-likeness (QED) is 0.564. The lowest BCUT2D eigenvalue weighted by atomic mass is 10.2. The summed E-state index contributed by atoms with van der Waals surface area (Å²) >= 11 is 0.983. The van der Waals surface area contributed by atoms with E-state index >= 15 is 0 Å². The van der Waals surface area contributed by atoms with Gasteiger partial charge in [0.15, 0.2) is 0 Å². The van der Waals surface area contributed by atoms with Crippen molar-refractivity contribution in [2.45, 2.75) is 31.3 Å². The molecule has 0 saturated carbocycles. The maximum absolute atomic E-state index is 12.7. The van der Waals surface area contributed by atoms with Crippen LogP contribution < -0.4 is 9.60 Å². The fourth-order valence-electron chi connectivity index (χ4n) is 3.57. The Hall–Kier alpha value is -2.53. The van der Waals surface area contributed by atoms with Crippen LogP contribution in [0.2, 0.25) is 0 Å². The molecule has 4 rings (SSSR count). The smallest absolute Gasteiger partial charge is 0.308 e. The summed E-state index contributed by atoms with van der Waals surface area (Å²) in [4.78, 5) is 26.5. The lowest BCUT2D eigenvalue weighted by Gasteiger charge is -2.26. The van der Waals surface area contributed by atoms with Crippen molar-refractivity contribution in [2.24, 2.45) is 0 Å². The number of ether oxygens (including phenoxy) is 1. The van der Waals surface area contributed by atoms with Crippen molar-refractivity contribution in [3.63, 3.8) is 0 Å². The highest BCUT2D eigenvalue weighted by atomic mass is 32.2. The van der Waals surface area contributed by atoms with Crippen LogP contribution in [0.5, 0.6) is 0 Å². The first-order valence-electron chi connectivity index (χ1n) is 10.4. The van der Waals surface area contributed by atoms with Crippen molar-refractivity contribution < 1.29 is 17.9 Å². The number of fused-ring (bicyclic) bond motifs is 1. The second kappa shape index (κ2) is 9.53. The van der Waals surface area contributed by atoms with Gasteiger partial charge in [-0.05, 0) is 30.7 Å². The molecule has 0 spiro atoms. The number of rotatable bonds is 7. The molecular formula is C22H25N3O5S2. The first-order valence-corrected chi connectivity index (χ1v) is 12.7. The molecule has 0 unspecified atom stereocenters. The van der Waals surface area contributed by atoms with Gasteiger partial charge in [0, 0.05) is 32.6 Å². The molecule has 2 heterocycles. The van der Waals surface area contributed by atoms with E-state index in [2.05, 4.69) is 4.72 Å². The molecule has 0 aliphatic carbocycles. The third-order valence-corrected chi connectivity index (χ3v) is 7.79. The van der Waals surface area contributed by atoms with Crippen LogP contribution in [0.3, 0.4) is 0 Å². The summed E-state index contributed by atoms with van der Waals surface area (Å²) in [7, 11) is -3.73. The van der Waals surface area contributed by atoms with Crippen LogP contribution in [0.4, 0.5) is 0 Å². The van der Waals surface area contributed by atoms with E-state index in [1.165, 1.54) is 16.7 Å². The van der Waals surface area contributed by atoms with Crippen LogP contribution in [-0.4, -0.2) is 50.1 Å². The van der Waals surface area contributed by atoms with Crippen LogP contribution in [0.25, 0.3) is 10.2 Å². The van der Waals surface area contributed by atoms with Crippen molar-refractivity contribution in [2.75, 3.05) is 26.3 Å². The predicted molar refractivity (Wildman–Crippen MR) is 123 cm³/mol. The van der Waals surface area contributed by atoms with Gasteiger partial charge >= 0.3 is 4.87 Å². The van der Waals surface area contributed by atoms with E-state index < -0.39 is 10.0 Å². The Morgan fingerprint density at radius 3 is 2.56 bits per heavy atom. The molecule has 1 aliphatic heterocycles. The van der Waals surface area contributed by atoms with Crippen LogP contribution >= 0.6 is 11.3 Å². The molecule has 0 bridgehead atoms. The number of hydrogen-bond acceptors (Lipinski definition) is 6. The molecule has 32 heavy (non-hydrogen) atoms. The molecule has 2 aromatic carbocycles. The van der Waals surface area contributed by atoms with Gasteiger partial charge in [0.05, 0.1) is 28.3 Å². The average molecular weight is 476 g/mol. The molecule has 1 aliphatic rings. The van der Waals surface area contributed by atoms with Gasteiger partial charge in [-0.25, -0.2) is 13.1 Å². The highest BCUT2D eigenvalue weighted by Crippen LogP contribution is 2.22. The Bertz CT molecular complexity index is 1270. The van der Waals surface area contributed by atoms with Gasteiger partial charge in [0.25, 0.3) is 0 Å². The molecule has 1 fully saturated rings. The second-order valence-corrected chi connectivity index (χ2v) is 10.5. The van der Waals surface area contributed by atoms with E-state index in [-0.39, 0.29) is 35.2 Å². The number of amides is 1. The van der Waals surface area contributed by atoms with E-state index in [4.69, 9.17) is 4.74 Å². The molecule has 1 N–H and O–H groups in total. The first-order chi connectivity index (χ1) is 15.3. The largest absolute Gasteiger partial charge is 0.378 e. The summed E-state index contributed by atoms with van der Waals surface area (Å²) in [6.07, 6.45) is 0.212. The average Bonchev–Trinajstić information content (AvgIpc) is 3.11. The van der Waals surface area contributed by atoms with Gasteiger partial charge in [0.1, 0.15) is 0 Å². The number of benzene rings is 2. The Morgan fingerprint density at radius 1 is 1.12 bits per heavy atom. The lowest BCUT2D eigenvalue weighted by molar-refractivity contribution is -0.135. The number of aryl methyl sites for hydroxylation is 2. The number of hydrogen-bond donors (Lipinski definition) is 1. The summed E-state index contributed by atoms with van der Waals surface area (Å²) in [5, 5.41) is 0. The topological polar surface area (TPSA) is 97.7 Å². The molecule has 0 atom stereocenters. The maximum Gasteiger partial charge on any atom is 0.308 e. The summed E-state index contributed by atoms with van der Waals surface area (Å²) in [5.74, 6) is -0.0148. The van der Waals surface area contributed by atoms with E-state index in [0.717, 1.165) is 22.5 Å². The third kappa shape index (κ3) is 5.09. The predicted octanol–water partition coefficient (Wildman–Crippen LogP) is 2.10. The minimum Gasteiger partial charge on any atom is -0.378 e. The Balaban J connectivity index is 1.47. The van der Waals surface area contributed by atoms with Crippen LogP contribution in [0.15, 0.2) is 52.2 Å². The standard InChI is InChI=1S/C22H25N3O5S2/c1-16-2-4-17(5-3-16)15-23-32(28,29)18-6-7-19-20(14-18)31-22(27)25(19)9-8-21(26)24-10-12-30-13-11-24/h2-7,14,23H,8-13,15H2,1H3. The number of nitrogens with zero attached hydrogens (tertiary/aromatic N) is 2. The normalized spacial score (nSPS) is 14.7. The van der Waals surface area contributed by atoms with Gasteiger partial charge in [-0.15, -0.1) is 0 Å². The van der Waals surface area contributed by atoms with Crippen LogP contribution in [0, 0.1) is 6.92 Å². The van der Waals surface area contributed by atoms with Crippen LogP contribution in [0.1, 0.15) is 17.5 Å². The zero-order valence-electron chi connectivity index (χ0n) is 17.7. The number of thiazole rings is 1. The second-order valence-electron chi connectivity index (χ2n) is 7.70. The molecule has 1 saturated heterocycles. The zero-order valence-corrected chi connectivity index (χ0v) is 19.4. The van der Waals surface area contributed by atoms with Crippen molar-refractivity contribution in [3.05, 3.63) is 63.3 Å². The Kier molecular flexibility index (Phi) is 6.75. The fraction of sp³-hybridized carbons (Fsp3) is 0.364. The summed E-state index contributed by atoms with van der Waals surface area (Å²) < 4.78 is 35.5. The highest BCUT2D eigenvalue weighted by Gasteiger charge is 2.19. The highest BCUT2D eigenvalue weighted by molar-refractivity contribution is 7.89. The zero-order chi connectivity index (χ0) is 22.7. The summed E-state index contributed by atoms with van der Waals surface area (Å²) in [6.45, 7) is 4.60. The van der Waals surface area contributed by atoms with E-state index in [1.54, 1.807) is 11.0 Å². The number of nitrogens with one attached hydrogen (secondary N) is 1. The molecule has 0 radical (unpaired) electrons. The van der Waals surface area contributed by atoms with Crippen molar-refractivity contribution in [1.29, 1.82) is 0 Å². The van der Waals surface area contributed by atoms with Crippen molar-refractivity contribution in [1.82, 2.24) is 14.2 Å². The molecule has 10 heteroatoms. The van der Waals surface area contributed by atoms with Gasteiger partial charge in [-0.3, -0.25) is 14.2 Å².